The van der Waals surface area contributed by atoms with Crippen molar-refractivity contribution in [2.75, 3.05) is 17.1 Å². The van der Waals surface area contributed by atoms with Gasteiger partial charge >= 0.3 is 0 Å². The van der Waals surface area contributed by atoms with E-state index >= 15 is 0 Å². The molecule has 3 aromatic rings. The highest BCUT2D eigenvalue weighted by molar-refractivity contribution is 7.92. The molecule has 0 saturated heterocycles. The number of anilines is 1. The number of benzene rings is 3. The molecule has 0 unspecified atom stereocenters. The lowest BCUT2D eigenvalue weighted by atomic mass is 10.0. The zero-order valence-electron chi connectivity index (χ0n) is 22.5. The van der Waals surface area contributed by atoms with Crippen molar-refractivity contribution in [3.8, 4) is 0 Å². The van der Waals surface area contributed by atoms with Crippen molar-refractivity contribution in [3.63, 3.8) is 0 Å². The average Bonchev–Trinajstić information content (AvgIpc) is 2.90. The molecule has 0 radical (unpaired) electrons. The Bertz CT molecular complexity index is 1440. The van der Waals surface area contributed by atoms with E-state index in [0.29, 0.717) is 17.0 Å². The van der Waals surface area contributed by atoms with Gasteiger partial charge in [0.25, 0.3) is 0 Å². The van der Waals surface area contributed by atoms with Gasteiger partial charge in [0, 0.05) is 29.1 Å². The van der Waals surface area contributed by atoms with Gasteiger partial charge < -0.3 is 10.2 Å². The number of carbonyl (C=O) groups is 2. The van der Waals surface area contributed by atoms with E-state index in [-0.39, 0.29) is 40.6 Å². The number of hydrogen-bond acceptors (Lipinski definition) is 4. The molecule has 2 atom stereocenters. The van der Waals surface area contributed by atoms with E-state index in [1.807, 2.05) is 44.2 Å². The van der Waals surface area contributed by atoms with Crippen LogP contribution in [0.15, 0.2) is 72.8 Å². The summed E-state index contributed by atoms with van der Waals surface area (Å²) in [6.07, 6.45) is 1.89. The molecule has 0 saturated carbocycles. The second-order valence-corrected chi connectivity index (χ2v) is 12.7. The number of hydrogen-bond donors (Lipinski definition) is 1. The molecular weight excluding hydrogens is 593 g/mol. The maximum atomic E-state index is 14.1. The van der Waals surface area contributed by atoms with E-state index in [2.05, 4.69) is 5.32 Å². The molecular formula is C29H32Cl3N3O4S. The van der Waals surface area contributed by atoms with Crippen molar-refractivity contribution in [2.24, 2.45) is 0 Å². The molecule has 11 heteroatoms. The first-order valence-corrected chi connectivity index (χ1v) is 15.7. The zero-order valence-corrected chi connectivity index (χ0v) is 25.6. The molecule has 0 heterocycles. The fourth-order valence-corrected chi connectivity index (χ4v) is 5.60. The second kappa shape index (κ2) is 14.2. The molecule has 2 amide bonds. The number of carbonyl (C=O) groups excluding carboxylic acids is 2. The molecule has 3 aromatic carbocycles. The molecule has 1 N–H and O–H groups in total. The van der Waals surface area contributed by atoms with Crippen LogP contribution in [0, 0.1) is 0 Å². The van der Waals surface area contributed by atoms with Gasteiger partial charge in [-0.3, -0.25) is 13.9 Å². The minimum atomic E-state index is -3.97. The van der Waals surface area contributed by atoms with Gasteiger partial charge in [0.05, 0.1) is 17.0 Å². The second-order valence-electron chi connectivity index (χ2n) is 9.54. The lowest BCUT2D eigenvalue weighted by Crippen LogP contribution is -2.54. The van der Waals surface area contributed by atoms with Gasteiger partial charge in [-0.15, -0.1) is 0 Å². The molecule has 0 aliphatic rings. The van der Waals surface area contributed by atoms with Crippen LogP contribution in [0.2, 0.25) is 15.1 Å². The van der Waals surface area contributed by atoms with Crippen LogP contribution < -0.4 is 9.62 Å². The van der Waals surface area contributed by atoms with Crippen molar-refractivity contribution >= 4 is 62.3 Å². The molecule has 0 bridgehead atoms. The third-order valence-corrected chi connectivity index (χ3v) is 8.29. The van der Waals surface area contributed by atoms with Gasteiger partial charge in [-0.1, -0.05) is 84.2 Å². The molecule has 0 aliphatic carbocycles. The Balaban J connectivity index is 2.09. The third kappa shape index (κ3) is 8.86. The molecule has 0 aromatic heterocycles. The lowest BCUT2D eigenvalue weighted by molar-refractivity contribution is -0.140. The Kier molecular flexibility index (Phi) is 11.3. The maximum Gasteiger partial charge on any atom is 0.244 e. The number of nitrogens with one attached hydrogen (secondary N) is 1. The molecule has 0 spiro atoms. The van der Waals surface area contributed by atoms with Crippen molar-refractivity contribution in [1.82, 2.24) is 10.2 Å². The summed E-state index contributed by atoms with van der Waals surface area (Å²) in [5, 5.41) is 3.82. The van der Waals surface area contributed by atoms with Crippen molar-refractivity contribution < 1.29 is 18.0 Å². The standard InChI is InChI=1S/C29H32Cl3N3O4S/c1-4-20(2)33-29(37)27(16-21-9-6-5-7-10-21)34(18-22-11-8-12-23(30)15-22)28(36)19-35(40(3,38)39)26-17-24(31)13-14-25(26)32/h5-15,17,20,27H,4,16,18-19H2,1-3H3,(H,33,37)/t20-,27+/m1/s1. The predicted octanol–water partition coefficient (Wildman–Crippen LogP) is 5.97. The van der Waals surface area contributed by atoms with Gasteiger partial charge in [0.1, 0.15) is 12.6 Å². The first-order chi connectivity index (χ1) is 18.9. The predicted molar refractivity (Wildman–Crippen MR) is 162 cm³/mol. The molecule has 0 aliphatic heterocycles. The maximum absolute atomic E-state index is 14.1. The summed E-state index contributed by atoms with van der Waals surface area (Å²) in [7, 11) is -3.97. The Morgan fingerprint density at radius 3 is 2.17 bits per heavy atom. The van der Waals surface area contributed by atoms with E-state index in [1.165, 1.54) is 23.1 Å². The Morgan fingerprint density at radius 2 is 1.55 bits per heavy atom. The summed E-state index contributed by atoms with van der Waals surface area (Å²) in [5.74, 6) is -0.943. The minimum absolute atomic E-state index is 0.0195. The summed E-state index contributed by atoms with van der Waals surface area (Å²) in [5.41, 5.74) is 1.59. The number of nitrogens with zero attached hydrogens (tertiary/aromatic N) is 2. The van der Waals surface area contributed by atoms with Crippen LogP contribution in [0.3, 0.4) is 0 Å². The molecule has 40 heavy (non-hydrogen) atoms. The van der Waals surface area contributed by atoms with Gasteiger partial charge in [0.15, 0.2) is 0 Å². The van der Waals surface area contributed by atoms with Gasteiger partial charge in [-0.25, -0.2) is 8.42 Å². The smallest absolute Gasteiger partial charge is 0.244 e. The van der Waals surface area contributed by atoms with Crippen molar-refractivity contribution in [1.29, 1.82) is 0 Å². The van der Waals surface area contributed by atoms with Crippen LogP contribution in [-0.4, -0.2) is 50.0 Å². The van der Waals surface area contributed by atoms with Gasteiger partial charge in [0.2, 0.25) is 21.8 Å². The Morgan fingerprint density at radius 1 is 0.900 bits per heavy atom. The Labute approximate surface area is 251 Å². The average molecular weight is 625 g/mol. The van der Waals surface area contributed by atoms with E-state index < -0.39 is 28.5 Å². The van der Waals surface area contributed by atoms with Crippen LogP contribution in [0.1, 0.15) is 31.4 Å². The summed E-state index contributed by atoms with van der Waals surface area (Å²) in [6, 6.07) is 19.6. The molecule has 0 fully saturated rings. The van der Waals surface area contributed by atoms with Crippen molar-refractivity contribution in [2.45, 2.75) is 45.3 Å². The molecule has 7 nitrogen and oxygen atoms in total. The number of halogens is 3. The third-order valence-electron chi connectivity index (χ3n) is 6.37. The van der Waals surface area contributed by atoms with Gasteiger partial charge in [-0.2, -0.15) is 0 Å². The summed E-state index contributed by atoms with van der Waals surface area (Å²) >= 11 is 18.7. The fraction of sp³-hybridized carbons (Fsp3) is 0.310. The zero-order chi connectivity index (χ0) is 29.4. The monoisotopic (exact) mass is 623 g/mol. The Hall–Kier alpha value is -2.78. The highest BCUT2D eigenvalue weighted by atomic mass is 35.5. The quantitative estimate of drug-likeness (QED) is 0.269. The highest BCUT2D eigenvalue weighted by Gasteiger charge is 2.34. The minimum Gasteiger partial charge on any atom is -0.352 e. The summed E-state index contributed by atoms with van der Waals surface area (Å²) in [6.45, 7) is 3.25. The highest BCUT2D eigenvalue weighted by Crippen LogP contribution is 2.31. The first kappa shape index (κ1) is 31.7. The first-order valence-electron chi connectivity index (χ1n) is 12.7. The van der Waals surface area contributed by atoms with E-state index in [9.17, 15) is 18.0 Å². The van der Waals surface area contributed by atoms with Crippen molar-refractivity contribution in [3.05, 3.63) is 99.0 Å². The number of amides is 2. The lowest BCUT2D eigenvalue weighted by Gasteiger charge is -2.34. The SMILES string of the molecule is CC[C@@H](C)NC(=O)[C@H](Cc1ccccc1)N(Cc1cccc(Cl)c1)C(=O)CN(c1cc(Cl)ccc1Cl)S(C)(=O)=O. The van der Waals surface area contributed by atoms with Crippen LogP contribution >= 0.6 is 34.8 Å². The van der Waals surface area contributed by atoms with E-state index in [4.69, 9.17) is 34.8 Å². The van der Waals surface area contributed by atoms with Crippen LogP contribution in [0.5, 0.6) is 0 Å². The number of rotatable bonds is 12. The fourth-order valence-electron chi connectivity index (χ4n) is 4.10. The molecule has 3 rings (SSSR count). The van der Waals surface area contributed by atoms with Crippen LogP contribution in [-0.2, 0) is 32.6 Å². The number of sulfonamides is 1. The largest absolute Gasteiger partial charge is 0.352 e. The van der Waals surface area contributed by atoms with Gasteiger partial charge in [-0.05, 0) is 54.8 Å². The molecule has 214 valence electrons. The van der Waals surface area contributed by atoms with E-state index in [0.717, 1.165) is 16.1 Å². The van der Waals surface area contributed by atoms with Crippen LogP contribution in [0.4, 0.5) is 5.69 Å². The van der Waals surface area contributed by atoms with Crippen LogP contribution in [0.25, 0.3) is 0 Å². The normalized spacial score (nSPS) is 12.8. The topological polar surface area (TPSA) is 86.8 Å². The summed E-state index contributed by atoms with van der Waals surface area (Å²) < 4.78 is 26.7. The summed E-state index contributed by atoms with van der Waals surface area (Å²) in [4.78, 5) is 29.1. The van der Waals surface area contributed by atoms with E-state index in [1.54, 1.807) is 24.3 Å².